The number of nitrogens with one attached hydrogen (secondary N) is 2. The van der Waals surface area contributed by atoms with Crippen LogP contribution >= 0.6 is 11.6 Å². The third-order valence-corrected chi connectivity index (χ3v) is 7.02. The molecule has 3 rings (SSSR count). The first kappa shape index (κ1) is 35.2. The summed E-state index contributed by atoms with van der Waals surface area (Å²) in [7, 11) is 1.47. The monoisotopic (exact) mass is 643 g/mol. The van der Waals surface area contributed by atoms with E-state index < -0.39 is 23.3 Å². The van der Waals surface area contributed by atoms with Crippen LogP contribution in [-0.4, -0.2) is 82.5 Å². The van der Waals surface area contributed by atoms with Gasteiger partial charge in [0.1, 0.15) is 23.0 Å². The molecule has 2 heterocycles. The Balaban J connectivity index is 1.67. The number of rotatable bonds is 8. The van der Waals surface area contributed by atoms with Crippen molar-refractivity contribution in [2.75, 3.05) is 43.9 Å². The molecule has 0 bridgehead atoms. The molecule has 1 aliphatic heterocycles. The van der Waals surface area contributed by atoms with Crippen LogP contribution in [0, 0.1) is 17.2 Å². The first-order valence-electron chi connectivity index (χ1n) is 14.7. The molecule has 0 atom stereocenters. The first-order valence-corrected chi connectivity index (χ1v) is 15.1. The van der Waals surface area contributed by atoms with Crippen molar-refractivity contribution in [3.63, 3.8) is 0 Å². The maximum atomic E-state index is 13.2. The van der Waals surface area contributed by atoms with Crippen molar-refractivity contribution in [3.8, 4) is 11.8 Å². The highest BCUT2D eigenvalue weighted by Gasteiger charge is 2.30. The van der Waals surface area contributed by atoms with E-state index in [9.17, 15) is 14.4 Å². The Morgan fingerprint density at radius 3 is 2.27 bits per heavy atom. The number of methoxy groups -OCH3 is 1. The molecule has 13 nitrogen and oxygen atoms in total. The molecule has 1 aliphatic rings. The number of hydrogen-bond acceptors (Lipinski definition) is 9. The lowest BCUT2D eigenvalue weighted by atomic mass is 9.96. The Morgan fingerprint density at radius 2 is 1.71 bits per heavy atom. The van der Waals surface area contributed by atoms with Crippen molar-refractivity contribution in [1.82, 2.24) is 19.8 Å². The van der Waals surface area contributed by atoms with Crippen LogP contribution in [0.1, 0.15) is 65.6 Å². The van der Waals surface area contributed by atoms with Crippen LogP contribution in [0.4, 0.5) is 25.9 Å². The lowest BCUT2D eigenvalue weighted by Crippen LogP contribution is -2.45. The molecule has 1 fully saturated rings. The number of nitrogens with zero attached hydrogens (tertiary/aromatic N) is 5. The van der Waals surface area contributed by atoms with Gasteiger partial charge in [-0.3, -0.25) is 5.32 Å². The summed E-state index contributed by atoms with van der Waals surface area (Å²) in [5.74, 6) is 0.701. The topological polar surface area (TPSA) is 159 Å². The molecule has 1 saturated heterocycles. The lowest BCUT2D eigenvalue weighted by molar-refractivity contribution is 0.00990. The Morgan fingerprint density at radius 1 is 1.04 bits per heavy atom. The second kappa shape index (κ2) is 15.1. The summed E-state index contributed by atoms with van der Waals surface area (Å²) in [4.78, 5) is 49.5. The largest absolute Gasteiger partial charge is 0.495 e. The average molecular weight is 644 g/mol. The Labute approximate surface area is 269 Å². The van der Waals surface area contributed by atoms with Gasteiger partial charge in [0.25, 0.3) is 0 Å². The Hall–Kier alpha value is -4.31. The number of amides is 4. The number of aromatic nitrogens is 2. The van der Waals surface area contributed by atoms with E-state index in [1.54, 1.807) is 21.9 Å². The standard InChI is InChI=1S/C31H42ClN7O6/c1-30(2,3)44-28(41)38-11-8-20(9-12-38)19-39(29(42)45-31(4,5)6)13-10-21-14-25(43-7)24(15-23(21)32)36-27(40)37-26-18-34-22(16-33)17-35-26/h14-15,17-18,20H,8-13,19H2,1-7H3,(H2,35,36,37,40). The fraction of sp³-hybridized carbons (Fsp3) is 0.548. The number of anilines is 2. The second-order valence-corrected chi connectivity index (χ2v) is 13.1. The SMILES string of the molecule is COc1cc(CCN(CC2CCN(C(=O)OC(C)(C)C)CC2)C(=O)OC(C)(C)C)c(Cl)cc1NC(=O)Nc1cnc(C#N)cn1. The van der Waals surface area contributed by atoms with Crippen LogP contribution in [0.5, 0.6) is 5.75 Å². The number of urea groups is 1. The van der Waals surface area contributed by atoms with Gasteiger partial charge >= 0.3 is 18.2 Å². The van der Waals surface area contributed by atoms with Gasteiger partial charge in [0.05, 0.1) is 25.2 Å². The molecule has 4 amide bonds. The minimum Gasteiger partial charge on any atom is -0.495 e. The van der Waals surface area contributed by atoms with Gasteiger partial charge in [-0.05, 0) is 84.4 Å². The van der Waals surface area contributed by atoms with Gasteiger partial charge in [0, 0.05) is 31.2 Å². The van der Waals surface area contributed by atoms with Crippen LogP contribution in [-0.2, 0) is 15.9 Å². The number of carbonyl (C=O) groups excluding carboxylic acids is 3. The maximum Gasteiger partial charge on any atom is 0.410 e. The smallest absolute Gasteiger partial charge is 0.410 e. The number of benzene rings is 1. The summed E-state index contributed by atoms with van der Waals surface area (Å²) in [5.41, 5.74) is -0.0725. The summed E-state index contributed by atoms with van der Waals surface area (Å²) in [6, 6.07) is 4.54. The fourth-order valence-corrected chi connectivity index (χ4v) is 4.81. The van der Waals surface area contributed by atoms with E-state index in [1.807, 2.05) is 47.6 Å². The van der Waals surface area contributed by atoms with E-state index in [0.717, 1.165) is 12.8 Å². The van der Waals surface area contributed by atoms with Gasteiger partial charge in [-0.15, -0.1) is 0 Å². The normalized spacial score (nSPS) is 13.8. The minimum absolute atomic E-state index is 0.124. The molecule has 244 valence electrons. The van der Waals surface area contributed by atoms with E-state index in [2.05, 4.69) is 20.6 Å². The molecule has 1 aromatic carbocycles. The number of ether oxygens (including phenoxy) is 3. The van der Waals surface area contributed by atoms with Gasteiger partial charge in [0.15, 0.2) is 11.5 Å². The van der Waals surface area contributed by atoms with Crippen LogP contribution in [0.3, 0.4) is 0 Å². The number of carbonyl (C=O) groups is 3. The van der Waals surface area contributed by atoms with E-state index in [-0.39, 0.29) is 23.5 Å². The van der Waals surface area contributed by atoms with Crippen LogP contribution < -0.4 is 15.4 Å². The zero-order valence-corrected chi connectivity index (χ0v) is 27.7. The van der Waals surface area contributed by atoms with Crippen molar-refractivity contribution in [2.24, 2.45) is 5.92 Å². The molecule has 0 aliphatic carbocycles. The summed E-state index contributed by atoms with van der Waals surface area (Å²) in [5, 5.41) is 14.5. The van der Waals surface area contributed by atoms with Gasteiger partial charge in [-0.1, -0.05) is 11.6 Å². The molecular weight excluding hydrogens is 602 g/mol. The van der Waals surface area contributed by atoms with Crippen molar-refractivity contribution in [1.29, 1.82) is 5.26 Å². The summed E-state index contributed by atoms with van der Waals surface area (Å²) < 4.78 is 16.7. The van der Waals surface area contributed by atoms with Crippen LogP contribution in [0.25, 0.3) is 0 Å². The van der Waals surface area contributed by atoms with E-state index in [4.69, 9.17) is 31.1 Å². The highest BCUT2D eigenvalue weighted by molar-refractivity contribution is 6.31. The number of likely N-dealkylation sites (tertiary alicyclic amines) is 1. The molecular formula is C31H42ClN7O6. The number of halogens is 1. The zero-order valence-electron chi connectivity index (χ0n) is 26.9. The average Bonchev–Trinajstić information content (AvgIpc) is 2.95. The van der Waals surface area contributed by atoms with Gasteiger partial charge in [-0.2, -0.15) is 5.26 Å². The second-order valence-electron chi connectivity index (χ2n) is 12.7. The molecule has 0 unspecified atom stereocenters. The molecule has 45 heavy (non-hydrogen) atoms. The first-order chi connectivity index (χ1) is 21.1. The summed E-state index contributed by atoms with van der Waals surface area (Å²) in [6.45, 7) is 12.9. The minimum atomic E-state index is -0.673. The van der Waals surface area contributed by atoms with Crippen LogP contribution in [0.2, 0.25) is 5.02 Å². The molecule has 14 heteroatoms. The van der Waals surface area contributed by atoms with E-state index in [0.29, 0.717) is 54.6 Å². The van der Waals surface area contributed by atoms with Crippen molar-refractivity contribution in [2.45, 2.75) is 72.0 Å². The van der Waals surface area contributed by atoms with Gasteiger partial charge in [0.2, 0.25) is 0 Å². The molecule has 0 saturated carbocycles. The number of hydrogen-bond donors (Lipinski definition) is 2. The van der Waals surface area contributed by atoms with Crippen molar-refractivity contribution < 1.29 is 28.6 Å². The maximum absolute atomic E-state index is 13.2. The molecule has 1 aromatic heterocycles. The predicted octanol–water partition coefficient (Wildman–Crippen LogP) is 6.08. The fourth-order valence-electron chi connectivity index (χ4n) is 4.55. The van der Waals surface area contributed by atoms with Crippen LogP contribution in [0.15, 0.2) is 24.5 Å². The zero-order chi connectivity index (χ0) is 33.4. The van der Waals surface area contributed by atoms with E-state index in [1.165, 1.54) is 19.5 Å². The summed E-state index contributed by atoms with van der Waals surface area (Å²) >= 11 is 6.62. The van der Waals surface area contributed by atoms with Crippen molar-refractivity contribution >= 4 is 41.3 Å². The van der Waals surface area contributed by atoms with Crippen molar-refractivity contribution in [3.05, 3.63) is 40.8 Å². The highest BCUT2D eigenvalue weighted by Crippen LogP contribution is 2.32. The number of piperidine rings is 1. The number of nitriles is 1. The molecule has 0 spiro atoms. The third kappa shape index (κ3) is 11.3. The van der Waals surface area contributed by atoms with Gasteiger partial charge < -0.3 is 29.3 Å². The van der Waals surface area contributed by atoms with Gasteiger partial charge in [-0.25, -0.2) is 24.4 Å². The Bertz CT molecular complexity index is 1390. The highest BCUT2D eigenvalue weighted by atomic mass is 35.5. The quantitative estimate of drug-likeness (QED) is 0.347. The molecule has 2 aromatic rings. The lowest BCUT2D eigenvalue weighted by Gasteiger charge is -2.36. The third-order valence-electron chi connectivity index (χ3n) is 6.67. The molecule has 2 N–H and O–H groups in total. The summed E-state index contributed by atoms with van der Waals surface area (Å²) in [6.07, 6.45) is 3.61. The molecule has 0 radical (unpaired) electrons. The predicted molar refractivity (Wildman–Crippen MR) is 169 cm³/mol. The Kier molecular flexibility index (Phi) is 11.8. The van der Waals surface area contributed by atoms with E-state index >= 15 is 0 Å².